The normalized spacial score (nSPS) is 38.4. The highest BCUT2D eigenvalue weighted by molar-refractivity contribution is 7.81. The predicted octanol–water partition coefficient (Wildman–Crippen LogP) is -3.18. The second-order valence-corrected chi connectivity index (χ2v) is 6.41. The molecule has 0 aromatic carbocycles. The van der Waals surface area contributed by atoms with Crippen LogP contribution in [0.3, 0.4) is 0 Å². The molecule has 0 spiro atoms. The van der Waals surface area contributed by atoms with E-state index in [2.05, 4.69) is 8.37 Å². The number of aliphatic hydroxyl groups excluding tert-OH is 2. The first kappa shape index (κ1) is 18.6. The first-order chi connectivity index (χ1) is 9.27. The van der Waals surface area contributed by atoms with Crippen molar-refractivity contribution in [3.8, 4) is 0 Å². The fraction of sp³-hybridized carbons (Fsp3) is 1.00. The van der Waals surface area contributed by atoms with E-state index in [-0.39, 0.29) is 0 Å². The predicted molar refractivity (Wildman–Crippen MR) is 61.4 cm³/mol. The average molecular weight is 354 g/mol. The molecule has 21 heavy (non-hydrogen) atoms. The monoisotopic (exact) mass is 354 g/mol. The van der Waals surface area contributed by atoms with E-state index in [1.165, 1.54) is 0 Å². The lowest BCUT2D eigenvalue weighted by Gasteiger charge is -2.45. The van der Waals surface area contributed by atoms with Crippen molar-refractivity contribution in [1.29, 1.82) is 0 Å². The summed E-state index contributed by atoms with van der Waals surface area (Å²) in [6.07, 6.45) is -8.04. The van der Waals surface area contributed by atoms with Gasteiger partial charge < -0.3 is 20.1 Å². The zero-order valence-electron chi connectivity index (χ0n) is 10.4. The number of aliphatic hydroxyl groups is 3. The second kappa shape index (κ2) is 5.99. The molecule has 1 fully saturated rings. The standard InChI is InChI=1S/C7H14O12S2/c1-7(10)6(19-21(14,15)16)5(18-20(11,12)13)4(9)3(2-8)17-7/h3-6,8-10H,2H2,1H3,(H,11,12,13)(H,14,15,16)/t3-,4-,5+,6-,7+/m1/s1. The van der Waals surface area contributed by atoms with Crippen molar-refractivity contribution in [3.63, 3.8) is 0 Å². The van der Waals surface area contributed by atoms with Crippen molar-refractivity contribution >= 4 is 20.8 Å². The van der Waals surface area contributed by atoms with Crippen LogP contribution in [-0.2, 0) is 33.9 Å². The minimum absolute atomic E-state index is 0.803. The van der Waals surface area contributed by atoms with E-state index in [4.69, 9.17) is 18.9 Å². The summed E-state index contributed by atoms with van der Waals surface area (Å²) in [6, 6.07) is 0. The van der Waals surface area contributed by atoms with Gasteiger partial charge in [0.05, 0.1) is 6.61 Å². The van der Waals surface area contributed by atoms with E-state index in [9.17, 15) is 27.0 Å². The van der Waals surface area contributed by atoms with Crippen LogP contribution >= 0.6 is 0 Å². The fourth-order valence-corrected chi connectivity index (χ4v) is 2.85. The summed E-state index contributed by atoms with van der Waals surface area (Å²) in [7, 11) is -10.4. The highest BCUT2D eigenvalue weighted by Gasteiger charge is 2.55. The lowest BCUT2D eigenvalue weighted by molar-refractivity contribution is -0.332. The van der Waals surface area contributed by atoms with Crippen molar-refractivity contribution in [1.82, 2.24) is 0 Å². The third-order valence-corrected chi connectivity index (χ3v) is 3.49. The number of rotatable bonds is 5. The molecule has 14 heteroatoms. The summed E-state index contributed by atoms with van der Waals surface area (Å²) in [5.41, 5.74) is 0. The number of hydrogen-bond donors (Lipinski definition) is 5. The molecule has 1 heterocycles. The molecule has 0 radical (unpaired) electrons. The van der Waals surface area contributed by atoms with Crippen molar-refractivity contribution in [2.24, 2.45) is 0 Å². The summed E-state index contributed by atoms with van der Waals surface area (Å²) in [5, 5.41) is 28.6. The molecule has 1 aliphatic heterocycles. The van der Waals surface area contributed by atoms with E-state index in [0.29, 0.717) is 0 Å². The first-order valence-electron chi connectivity index (χ1n) is 5.27. The summed E-state index contributed by atoms with van der Waals surface area (Å²) in [4.78, 5) is 0. The molecule has 0 unspecified atom stereocenters. The van der Waals surface area contributed by atoms with Crippen LogP contribution in [0.5, 0.6) is 0 Å². The van der Waals surface area contributed by atoms with Crippen molar-refractivity contribution in [2.75, 3.05) is 6.61 Å². The Hall–Kier alpha value is -0.420. The van der Waals surface area contributed by atoms with Gasteiger partial charge in [0.1, 0.15) is 18.3 Å². The molecule has 12 nitrogen and oxygen atoms in total. The number of hydrogen-bond acceptors (Lipinski definition) is 10. The average Bonchev–Trinajstić information content (AvgIpc) is 2.25. The molecule has 1 rings (SSSR count). The Bertz CT molecular complexity index is 564. The van der Waals surface area contributed by atoms with Gasteiger partial charge in [-0.2, -0.15) is 16.8 Å². The van der Waals surface area contributed by atoms with Crippen molar-refractivity contribution in [2.45, 2.75) is 37.1 Å². The van der Waals surface area contributed by atoms with Gasteiger partial charge in [-0.25, -0.2) is 8.37 Å². The SMILES string of the molecule is C[C@]1(O)O[C@H](CO)[C@@H](O)[C@H](OS(=O)(=O)O)[C@H]1OS(=O)(=O)O. The molecule has 1 aliphatic rings. The van der Waals surface area contributed by atoms with Crippen LogP contribution < -0.4 is 0 Å². The third-order valence-electron chi connectivity index (χ3n) is 2.57. The maximum atomic E-state index is 10.7. The van der Waals surface area contributed by atoms with Gasteiger partial charge in [-0.1, -0.05) is 0 Å². The van der Waals surface area contributed by atoms with Crippen LogP contribution in [0, 0.1) is 0 Å². The van der Waals surface area contributed by atoms with E-state index in [1.807, 2.05) is 0 Å². The maximum absolute atomic E-state index is 10.7. The summed E-state index contributed by atoms with van der Waals surface area (Å²) >= 11 is 0. The molecular formula is C7H14O12S2. The summed E-state index contributed by atoms with van der Waals surface area (Å²) < 4.78 is 73.0. The van der Waals surface area contributed by atoms with Gasteiger partial charge in [-0.3, -0.25) is 9.11 Å². The van der Waals surface area contributed by atoms with Gasteiger partial charge in [0.2, 0.25) is 0 Å². The summed E-state index contributed by atoms with van der Waals surface area (Å²) in [5.74, 6) is -2.59. The molecule has 0 bridgehead atoms. The van der Waals surface area contributed by atoms with Gasteiger partial charge in [0.25, 0.3) is 0 Å². The smallest absolute Gasteiger partial charge is 0.394 e. The van der Waals surface area contributed by atoms with Gasteiger partial charge in [-0.15, -0.1) is 0 Å². The minimum Gasteiger partial charge on any atom is -0.394 e. The van der Waals surface area contributed by atoms with Gasteiger partial charge in [-0.05, 0) is 6.92 Å². The quantitative estimate of drug-likeness (QED) is 0.311. The Morgan fingerprint density at radius 2 is 1.62 bits per heavy atom. The Kier molecular flexibility index (Phi) is 5.32. The largest absolute Gasteiger partial charge is 0.397 e. The van der Waals surface area contributed by atoms with E-state index >= 15 is 0 Å². The highest BCUT2D eigenvalue weighted by Crippen LogP contribution is 2.33. The molecule has 5 atom stereocenters. The zero-order chi connectivity index (χ0) is 16.6. The van der Waals surface area contributed by atoms with Crippen LogP contribution in [0.1, 0.15) is 6.92 Å². The Labute approximate surface area is 119 Å². The van der Waals surface area contributed by atoms with Crippen LogP contribution in [0.15, 0.2) is 0 Å². The molecule has 0 amide bonds. The minimum atomic E-state index is -5.20. The highest BCUT2D eigenvalue weighted by atomic mass is 32.3. The topological polar surface area (TPSA) is 197 Å². The van der Waals surface area contributed by atoms with Gasteiger partial charge in [0, 0.05) is 0 Å². The van der Waals surface area contributed by atoms with E-state index in [1.54, 1.807) is 0 Å². The van der Waals surface area contributed by atoms with E-state index in [0.717, 1.165) is 6.92 Å². The molecule has 5 N–H and O–H groups in total. The van der Waals surface area contributed by atoms with Crippen LogP contribution in [0.2, 0.25) is 0 Å². The molecule has 0 saturated carbocycles. The van der Waals surface area contributed by atoms with Crippen LogP contribution in [0.25, 0.3) is 0 Å². The van der Waals surface area contributed by atoms with Gasteiger partial charge in [0.15, 0.2) is 11.9 Å². The molecule has 0 aliphatic carbocycles. The summed E-state index contributed by atoms with van der Waals surface area (Å²) in [6.45, 7) is -0.0982. The Balaban J connectivity index is 3.23. The van der Waals surface area contributed by atoms with Gasteiger partial charge >= 0.3 is 20.8 Å². The van der Waals surface area contributed by atoms with Crippen LogP contribution in [0.4, 0.5) is 0 Å². The van der Waals surface area contributed by atoms with E-state index < -0.39 is 57.6 Å². The van der Waals surface area contributed by atoms with Crippen molar-refractivity contribution < 1.29 is 54.4 Å². The second-order valence-electron chi connectivity index (χ2n) is 4.32. The molecule has 0 aromatic rings. The van der Waals surface area contributed by atoms with Crippen molar-refractivity contribution in [3.05, 3.63) is 0 Å². The lowest BCUT2D eigenvalue weighted by atomic mass is 9.94. The zero-order valence-corrected chi connectivity index (χ0v) is 12.1. The third kappa shape index (κ3) is 5.06. The number of ether oxygens (including phenoxy) is 1. The maximum Gasteiger partial charge on any atom is 0.397 e. The molecule has 1 saturated heterocycles. The Morgan fingerprint density at radius 3 is 2.00 bits per heavy atom. The van der Waals surface area contributed by atoms with Crippen LogP contribution in [-0.4, -0.2) is 78.1 Å². The molecule has 126 valence electrons. The first-order valence-corrected chi connectivity index (χ1v) is 8.00. The lowest BCUT2D eigenvalue weighted by Crippen LogP contribution is -2.66. The molecule has 0 aromatic heterocycles. The molecular weight excluding hydrogens is 340 g/mol. The Morgan fingerprint density at radius 1 is 1.14 bits per heavy atom. The fourth-order valence-electron chi connectivity index (χ4n) is 1.81.